The van der Waals surface area contributed by atoms with Gasteiger partial charge in [0.25, 0.3) is 10.0 Å². The van der Waals surface area contributed by atoms with Gasteiger partial charge >= 0.3 is 0 Å². The summed E-state index contributed by atoms with van der Waals surface area (Å²) in [5.41, 5.74) is 8.32. The summed E-state index contributed by atoms with van der Waals surface area (Å²) in [4.78, 5) is 0. The summed E-state index contributed by atoms with van der Waals surface area (Å²) < 4.78 is 28.7. The molecule has 0 aliphatic heterocycles. The SMILES string of the molecule is Cc1cc(N)cc(C)c1NS(=O)(=O)c1c(Br)nnn1C. The lowest BCUT2D eigenvalue weighted by Crippen LogP contribution is -2.18. The normalized spacial score (nSPS) is 11.6. The predicted molar refractivity (Wildman–Crippen MR) is 79.8 cm³/mol. The molecule has 0 radical (unpaired) electrons. The van der Waals surface area contributed by atoms with Crippen molar-refractivity contribution in [2.45, 2.75) is 18.9 Å². The Balaban J connectivity index is 2.50. The van der Waals surface area contributed by atoms with E-state index in [2.05, 4.69) is 31.0 Å². The van der Waals surface area contributed by atoms with Crippen LogP contribution in [0.3, 0.4) is 0 Å². The molecule has 0 fully saturated rings. The molecule has 0 bridgehead atoms. The van der Waals surface area contributed by atoms with Gasteiger partial charge in [-0.15, -0.1) is 5.10 Å². The van der Waals surface area contributed by atoms with E-state index in [-0.39, 0.29) is 9.63 Å². The Morgan fingerprint density at radius 2 is 1.85 bits per heavy atom. The van der Waals surface area contributed by atoms with Gasteiger partial charge in [0.1, 0.15) is 0 Å². The van der Waals surface area contributed by atoms with Crippen LogP contribution in [0.1, 0.15) is 11.1 Å². The molecule has 0 aliphatic rings. The van der Waals surface area contributed by atoms with Gasteiger partial charge in [0.15, 0.2) is 4.60 Å². The predicted octanol–water partition coefficient (Wildman–Crippen LogP) is 1.58. The summed E-state index contributed by atoms with van der Waals surface area (Å²) in [6.45, 7) is 3.58. The van der Waals surface area contributed by atoms with Crippen LogP contribution < -0.4 is 10.5 Å². The van der Waals surface area contributed by atoms with Crippen LogP contribution in [-0.2, 0) is 17.1 Å². The smallest absolute Gasteiger partial charge is 0.281 e. The molecule has 0 saturated heterocycles. The standard InChI is InChI=1S/C11H14BrN5O2S/c1-6-4-8(13)5-7(2)9(6)15-20(18,19)11-10(12)14-16-17(11)3/h4-5,15H,13H2,1-3H3. The van der Waals surface area contributed by atoms with Crippen molar-refractivity contribution in [3.8, 4) is 0 Å². The second-order valence-corrected chi connectivity index (χ2v) is 6.79. The third-order valence-corrected chi connectivity index (χ3v) is 5.02. The van der Waals surface area contributed by atoms with Crippen molar-refractivity contribution in [3.63, 3.8) is 0 Å². The number of anilines is 2. The number of nitrogens with two attached hydrogens (primary N) is 1. The van der Waals surface area contributed by atoms with Gasteiger partial charge in [0.2, 0.25) is 5.03 Å². The van der Waals surface area contributed by atoms with Crippen LogP contribution in [0.5, 0.6) is 0 Å². The van der Waals surface area contributed by atoms with Gasteiger partial charge in [-0.1, -0.05) is 5.21 Å². The van der Waals surface area contributed by atoms with Crippen molar-refractivity contribution in [1.82, 2.24) is 15.0 Å². The van der Waals surface area contributed by atoms with E-state index in [1.807, 2.05) is 0 Å². The molecule has 0 aliphatic carbocycles. The van der Waals surface area contributed by atoms with E-state index in [9.17, 15) is 8.42 Å². The molecule has 7 nitrogen and oxygen atoms in total. The number of hydrogen-bond donors (Lipinski definition) is 2. The van der Waals surface area contributed by atoms with Crippen molar-refractivity contribution in [3.05, 3.63) is 27.9 Å². The van der Waals surface area contributed by atoms with Crippen LogP contribution in [0.15, 0.2) is 21.8 Å². The molecular formula is C11H14BrN5O2S. The minimum Gasteiger partial charge on any atom is -0.399 e. The van der Waals surface area contributed by atoms with Crippen LogP contribution >= 0.6 is 15.9 Å². The Bertz CT molecular complexity index is 727. The molecule has 0 atom stereocenters. The quantitative estimate of drug-likeness (QED) is 0.809. The van der Waals surface area contributed by atoms with E-state index < -0.39 is 10.0 Å². The van der Waals surface area contributed by atoms with Crippen molar-refractivity contribution >= 4 is 37.3 Å². The van der Waals surface area contributed by atoms with E-state index >= 15 is 0 Å². The molecule has 1 aromatic heterocycles. The first-order valence-electron chi connectivity index (χ1n) is 5.67. The van der Waals surface area contributed by atoms with Gasteiger partial charge in [-0.3, -0.25) is 4.72 Å². The molecule has 2 aromatic rings. The van der Waals surface area contributed by atoms with Crippen LogP contribution in [0.4, 0.5) is 11.4 Å². The first-order chi connectivity index (χ1) is 9.22. The maximum Gasteiger partial charge on any atom is 0.281 e. The Morgan fingerprint density at radius 3 is 2.30 bits per heavy atom. The van der Waals surface area contributed by atoms with Crippen LogP contribution in [0.2, 0.25) is 0 Å². The lowest BCUT2D eigenvalue weighted by atomic mass is 10.1. The van der Waals surface area contributed by atoms with E-state index in [1.165, 1.54) is 11.7 Å². The highest BCUT2D eigenvalue weighted by molar-refractivity contribution is 9.10. The summed E-state index contributed by atoms with van der Waals surface area (Å²) in [7, 11) is -2.28. The number of aromatic nitrogens is 3. The van der Waals surface area contributed by atoms with Crippen LogP contribution in [0, 0.1) is 13.8 Å². The fourth-order valence-electron chi connectivity index (χ4n) is 1.95. The highest BCUT2D eigenvalue weighted by Crippen LogP contribution is 2.27. The summed E-state index contributed by atoms with van der Waals surface area (Å²) >= 11 is 3.08. The van der Waals surface area contributed by atoms with Crippen LogP contribution in [-0.4, -0.2) is 23.4 Å². The van der Waals surface area contributed by atoms with Crippen LogP contribution in [0.25, 0.3) is 0 Å². The van der Waals surface area contributed by atoms with Crippen molar-refractivity contribution < 1.29 is 8.42 Å². The second kappa shape index (κ2) is 5.06. The van der Waals surface area contributed by atoms with E-state index in [0.717, 1.165) is 11.1 Å². The molecular weight excluding hydrogens is 346 g/mol. The van der Waals surface area contributed by atoms with Crippen molar-refractivity contribution in [1.29, 1.82) is 0 Å². The molecule has 0 unspecified atom stereocenters. The number of sulfonamides is 1. The highest BCUT2D eigenvalue weighted by atomic mass is 79.9. The zero-order valence-electron chi connectivity index (χ0n) is 11.2. The van der Waals surface area contributed by atoms with E-state index in [0.29, 0.717) is 11.4 Å². The Morgan fingerprint density at radius 1 is 1.30 bits per heavy atom. The Hall–Kier alpha value is -1.61. The van der Waals surface area contributed by atoms with E-state index in [1.54, 1.807) is 26.0 Å². The first kappa shape index (κ1) is 14.8. The van der Waals surface area contributed by atoms with Crippen molar-refractivity contribution in [2.24, 2.45) is 7.05 Å². The third-order valence-electron chi connectivity index (χ3n) is 2.78. The number of nitrogens with zero attached hydrogens (tertiary/aromatic N) is 3. The second-order valence-electron chi connectivity index (χ2n) is 4.44. The first-order valence-corrected chi connectivity index (χ1v) is 7.94. The number of benzene rings is 1. The molecule has 20 heavy (non-hydrogen) atoms. The summed E-state index contributed by atoms with van der Waals surface area (Å²) in [6, 6.07) is 3.42. The summed E-state index contributed by atoms with van der Waals surface area (Å²) in [6.07, 6.45) is 0. The zero-order valence-corrected chi connectivity index (χ0v) is 13.6. The molecule has 0 spiro atoms. The number of nitrogen functional groups attached to an aromatic ring is 1. The fraction of sp³-hybridized carbons (Fsp3) is 0.273. The third kappa shape index (κ3) is 2.63. The molecule has 108 valence electrons. The minimum absolute atomic E-state index is 0.0341. The summed E-state index contributed by atoms with van der Waals surface area (Å²) in [5, 5.41) is 7.30. The maximum atomic E-state index is 12.4. The Labute approximate surface area is 125 Å². The number of nitrogens with one attached hydrogen (secondary N) is 1. The maximum absolute atomic E-state index is 12.4. The fourth-order valence-corrected chi connectivity index (χ4v) is 4.25. The molecule has 0 amide bonds. The lowest BCUT2D eigenvalue weighted by molar-refractivity contribution is 0.578. The number of hydrogen-bond acceptors (Lipinski definition) is 5. The molecule has 2 rings (SSSR count). The van der Waals surface area contributed by atoms with Gasteiger partial charge in [-0.25, -0.2) is 4.68 Å². The molecule has 0 saturated carbocycles. The monoisotopic (exact) mass is 359 g/mol. The van der Waals surface area contributed by atoms with Crippen molar-refractivity contribution in [2.75, 3.05) is 10.5 Å². The largest absolute Gasteiger partial charge is 0.399 e. The molecule has 3 N–H and O–H groups in total. The van der Waals surface area contributed by atoms with Gasteiger partial charge in [-0.05, 0) is 53.0 Å². The van der Waals surface area contributed by atoms with Gasteiger partial charge in [0.05, 0.1) is 5.69 Å². The molecule has 1 aromatic carbocycles. The average molecular weight is 360 g/mol. The number of aryl methyl sites for hydroxylation is 3. The Kier molecular flexibility index (Phi) is 3.74. The lowest BCUT2D eigenvalue weighted by Gasteiger charge is -2.14. The average Bonchev–Trinajstić information content (AvgIpc) is 2.64. The zero-order chi connectivity index (χ0) is 15.1. The van der Waals surface area contributed by atoms with Gasteiger partial charge in [0, 0.05) is 12.7 Å². The molecule has 9 heteroatoms. The highest BCUT2D eigenvalue weighted by Gasteiger charge is 2.25. The number of rotatable bonds is 3. The van der Waals surface area contributed by atoms with E-state index in [4.69, 9.17) is 5.73 Å². The van der Waals surface area contributed by atoms with Gasteiger partial charge in [-0.2, -0.15) is 8.42 Å². The summed E-state index contributed by atoms with van der Waals surface area (Å²) in [5.74, 6) is 0. The molecule has 1 heterocycles. The number of halogens is 1. The minimum atomic E-state index is -3.79. The topological polar surface area (TPSA) is 103 Å². The van der Waals surface area contributed by atoms with Gasteiger partial charge < -0.3 is 5.73 Å².